The van der Waals surface area contributed by atoms with Crippen LogP contribution in [0.25, 0.3) is 33.5 Å². The van der Waals surface area contributed by atoms with Gasteiger partial charge in [0.1, 0.15) is 0 Å². The molecule has 0 spiro atoms. The van der Waals surface area contributed by atoms with Crippen molar-refractivity contribution < 1.29 is 9.59 Å². The molecule has 3 nitrogen and oxygen atoms in total. The van der Waals surface area contributed by atoms with E-state index in [4.69, 9.17) is 4.75 Å². The zero-order valence-corrected chi connectivity index (χ0v) is 20.0. The minimum Gasteiger partial charge on any atom is -0.295 e. The summed E-state index contributed by atoms with van der Waals surface area (Å²) in [7, 11) is 0.977. The largest absolute Gasteiger partial charge is 0.295 e. The van der Waals surface area contributed by atoms with Crippen molar-refractivity contribution in [3.63, 3.8) is 0 Å². The number of carbonyl (C=O) groups is 2. The molecule has 0 aliphatic carbocycles. The molecule has 1 aromatic heterocycles. The molecule has 4 aromatic carbocycles. The Kier molecular flexibility index (Phi) is 8.42. The van der Waals surface area contributed by atoms with Gasteiger partial charge in [-0.1, -0.05) is 121 Å². The van der Waals surface area contributed by atoms with Crippen LogP contribution in [0.1, 0.15) is 5.56 Å². The van der Waals surface area contributed by atoms with Crippen LogP contribution >= 0.6 is 8.35 Å². The average molecular weight is 474 g/mol. The number of benzene rings is 4. The molecule has 1 heterocycles. The Bertz CT molecular complexity index is 1320. The number of aromatic nitrogens is 1. The first-order valence-electron chi connectivity index (χ1n) is 11.3. The highest BCUT2D eigenvalue weighted by Gasteiger charge is 2.15. The highest BCUT2D eigenvalue weighted by Crippen LogP contribution is 2.40. The lowest BCUT2D eigenvalue weighted by Crippen LogP contribution is -2.02. The number of ketones is 1. The second-order valence-electron chi connectivity index (χ2n) is 7.83. The lowest BCUT2D eigenvalue weighted by molar-refractivity contribution is -0.129. The summed E-state index contributed by atoms with van der Waals surface area (Å²) in [6.07, 6.45) is 0.567. The standard InChI is InChI=1S/C22H16NP.C9H8O2/c1-4-10-17(11-5-1)20-16-24-23-22(19-14-8-3-9-15-19)21(20)18-12-6-2-7-13-18;10-7-9(11)6-8-4-2-1-3-5-8/h1-16H;1-5,7H,6H2. The Balaban J connectivity index is 0.000000221. The van der Waals surface area contributed by atoms with Gasteiger partial charge < -0.3 is 0 Å². The molecule has 0 fully saturated rings. The van der Waals surface area contributed by atoms with E-state index in [2.05, 4.69) is 90.7 Å². The van der Waals surface area contributed by atoms with Crippen molar-refractivity contribution in [1.29, 1.82) is 0 Å². The third kappa shape index (κ3) is 6.44. The molecule has 0 N–H and O–H groups in total. The fourth-order valence-electron chi connectivity index (χ4n) is 3.76. The molecule has 4 heteroatoms. The Labute approximate surface area is 207 Å². The smallest absolute Gasteiger partial charge is 0.199 e. The molecule has 0 radical (unpaired) electrons. The molecule has 5 rings (SSSR count). The number of rotatable bonds is 6. The van der Waals surface area contributed by atoms with Crippen LogP contribution in [0.5, 0.6) is 0 Å². The van der Waals surface area contributed by atoms with Gasteiger partial charge in [0.15, 0.2) is 12.1 Å². The van der Waals surface area contributed by atoms with Gasteiger partial charge in [-0.3, -0.25) is 9.59 Å². The van der Waals surface area contributed by atoms with Gasteiger partial charge in [-0.05, 0) is 28.1 Å². The van der Waals surface area contributed by atoms with E-state index in [1.165, 1.54) is 22.3 Å². The van der Waals surface area contributed by atoms with Gasteiger partial charge in [0, 0.05) is 25.9 Å². The summed E-state index contributed by atoms with van der Waals surface area (Å²) < 4.78 is 4.81. The zero-order valence-electron chi connectivity index (χ0n) is 19.1. The molecule has 35 heavy (non-hydrogen) atoms. The molecule has 0 saturated carbocycles. The second-order valence-corrected chi connectivity index (χ2v) is 8.52. The molecular formula is C31H24NO2P. The van der Waals surface area contributed by atoms with Gasteiger partial charge in [-0.2, -0.15) is 0 Å². The molecular weight excluding hydrogens is 449 g/mol. The first kappa shape index (κ1) is 23.9. The van der Waals surface area contributed by atoms with Gasteiger partial charge in [-0.25, -0.2) is 4.75 Å². The zero-order chi connectivity index (χ0) is 24.3. The predicted molar refractivity (Wildman–Crippen MR) is 144 cm³/mol. The van der Waals surface area contributed by atoms with Crippen molar-refractivity contribution in [3.8, 4) is 33.5 Å². The van der Waals surface area contributed by atoms with Crippen LogP contribution in [-0.4, -0.2) is 16.8 Å². The second kappa shape index (κ2) is 12.3. The molecule has 0 bridgehead atoms. The van der Waals surface area contributed by atoms with Crippen LogP contribution in [0, 0.1) is 0 Å². The number of aldehydes is 1. The molecule has 0 amide bonds. The van der Waals surface area contributed by atoms with Crippen molar-refractivity contribution >= 4 is 20.4 Å². The minimum absolute atomic E-state index is 0.213. The SMILES string of the molecule is O=CC(=O)Cc1ccccc1.c1ccc(-c2cpnc(-c3ccccc3)c2-c2ccccc2)cc1. The van der Waals surface area contributed by atoms with E-state index in [0.717, 1.165) is 25.2 Å². The van der Waals surface area contributed by atoms with Crippen LogP contribution in [0.3, 0.4) is 0 Å². The van der Waals surface area contributed by atoms with Gasteiger partial charge >= 0.3 is 0 Å². The van der Waals surface area contributed by atoms with E-state index in [1.54, 1.807) is 0 Å². The van der Waals surface area contributed by atoms with Crippen molar-refractivity contribution in [1.82, 2.24) is 4.75 Å². The number of nitrogens with zero attached hydrogens (tertiary/aromatic N) is 1. The lowest BCUT2D eigenvalue weighted by Gasteiger charge is -2.14. The Morgan fingerprint density at radius 1 is 0.657 bits per heavy atom. The van der Waals surface area contributed by atoms with Gasteiger partial charge in [0.2, 0.25) is 0 Å². The fourth-order valence-corrected chi connectivity index (χ4v) is 4.54. The number of Topliss-reactive ketones (excluding diaryl/α,β-unsaturated/α-hetero) is 1. The summed E-state index contributed by atoms with van der Waals surface area (Å²) >= 11 is 0. The number of hydrogen-bond donors (Lipinski definition) is 0. The highest BCUT2D eigenvalue weighted by atomic mass is 31.0. The van der Waals surface area contributed by atoms with Crippen molar-refractivity contribution in [3.05, 3.63) is 133 Å². The van der Waals surface area contributed by atoms with E-state index in [9.17, 15) is 9.59 Å². The summed E-state index contributed by atoms with van der Waals surface area (Å²) in [5.74, 6) is 1.82. The van der Waals surface area contributed by atoms with Gasteiger partial charge in [0.25, 0.3) is 0 Å². The summed E-state index contributed by atoms with van der Waals surface area (Å²) in [5, 5.41) is 0. The molecule has 5 aromatic rings. The van der Waals surface area contributed by atoms with E-state index >= 15 is 0 Å². The maximum Gasteiger partial charge on any atom is 0.199 e. The minimum atomic E-state index is -0.379. The fraction of sp³-hybridized carbons (Fsp3) is 0.0323. The van der Waals surface area contributed by atoms with Crippen molar-refractivity contribution in [2.45, 2.75) is 6.42 Å². The van der Waals surface area contributed by atoms with Crippen LogP contribution in [0.2, 0.25) is 0 Å². The van der Waals surface area contributed by atoms with Crippen molar-refractivity contribution in [2.24, 2.45) is 0 Å². The molecule has 0 saturated heterocycles. The van der Waals surface area contributed by atoms with Gasteiger partial charge in [0.05, 0.1) is 5.69 Å². The first-order valence-corrected chi connectivity index (χ1v) is 12.2. The summed E-state index contributed by atoms with van der Waals surface area (Å²) in [6.45, 7) is 0. The Morgan fingerprint density at radius 3 is 1.69 bits per heavy atom. The maximum atomic E-state index is 10.6. The summed E-state index contributed by atoms with van der Waals surface area (Å²) in [5.41, 5.74) is 7.97. The number of hydrogen-bond acceptors (Lipinski definition) is 3. The average Bonchev–Trinajstić information content (AvgIpc) is 2.95. The summed E-state index contributed by atoms with van der Waals surface area (Å²) in [4.78, 5) is 20.6. The molecule has 170 valence electrons. The van der Waals surface area contributed by atoms with Crippen LogP contribution in [-0.2, 0) is 16.0 Å². The highest BCUT2D eigenvalue weighted by molar-refractivity contribution is 7.24. The predicted octanol–water partition coefficient (Wildman–Crippen LogP) is 7.66. The van der Waals surface area contributed by atoms with Crippen molar-refractivity contribution in [2.75, 3.05) is 0 Å². The molecule has 0 aliphatic heterocycles. The number of carbonyl (C=O) groups excluding carboxylic acids is 2. The quantitative estimate of drug-likeness (QED) is 0.188. The van der Waals surface area contributed by atoms with Crippen LogP contribution < -0.4 is 0 Å². The topological polar surface area (TPSA) is 47.0 Å². The van der Waals surface area contributed by atoms with E-state index in [1.807, 2.05) is 36.4 Å². The first-order chi connectivity index (χ1) is 17.3. The Hall–Kier alpha value is -4.20. The lowest BCUT2D eigenvalue weighted by atomic mass is 9.93. The molecule has 0 unspecified atom stereocenters. The third-order valence-corrected chi connectivity index (χ3v) is 6.09. The Morgan fingerprint density at radius 2 is 1.14 bits per heavy atom. The molecule has 0 atom stereocenters. The van der Waals surface area contributed by atoms with Crippen LogP contribution in [0.4, 0.5) is 0 Å². The van der Waals surface area contributed by atoms with Crippen LogP contribution in [0.15, 0.2) is 127 Å². The monoisotopic (exact) mass is 473 g/mol. The third-order valence-electron chi connectivity index (χ3n) is 5.40. The van der Waals surface area contributed by atoms with E-state index < -0.39 is 0 Å². The normalized spacial score (nSPS) is 10.3. The van der Waals surface area contributed by atoms with Gasteiger partial charge in [-0.15, -0.1) is 0 Å². The summed E-state index contributed by atoms with van der Waals surface area (Å²) in [6, 6.07) is 40.7. The van der Waals surface area contributed by atoms with E-state index in [0.29, 0.717) is 6.29 Å². The maximum absolute atomic E-state index is 10.6. The van der Waals surface area contributed by atoms with E-state index in [-0.39, 0.29) is 12.2 Å². The molecule has 0 aliphatic rings.